The first-order chi connectivity index (χ1) is 7.29. The standard InChI is InChI=1S/C12H15Cl2IN/c1-4-7-16(2,3)9-12(15)6-5-10(13)8-11(12)14/h1,5-6,8,11H,7,9H2,2-3H3/q+1. The fraction of sp³-hybridized carbons (Fsp3) is 0.500. The predicted molar refractivity (Wildman–Crippen MR) is 80.1 cm³/mol. The molecule has 0 fully saturated rings. The molecule has 0 spiro atoms. The van der Waals surface area contributed by atoms with Gasteiger partial charge in [0, 0.05) is 5.03 Å². The summed E-state index contributed by atoms with van der Waals surface area (Å²) < 4.78 is 0.622. The zero-order valence-corrected chi connectivity index (χ0v) is 13.1. The van der Waals surface area contributed by atoms with Crippen LogP contribution in [0.4, 0.5) is 0 Å². The number of nitrogens with zero attached hydrogens (tertiary/aromatic N) is 1. The van der Waals surface area contributed by atoms with E-state index in [9.17, 15) is 0 Å². The Morgan fingerprint density at radius 2 is 2.25 bits per heavy atom. The van der Waals surface area contributed by atoms with Gasteiger partial charge in [0.15, 0.2) is 0 Å². The van der Waals surface area contributed by atoms with Crippen LogP contribution in [0.1, 0.15) is 0 Å². The minimum atomic E-state index is -0.127. The van der Waals surface area contributed by atoms with E-state index in [2.05, 4.69) is 48.7 Å². The molecule has 0 heterocycles. The highest BCUT2D eigenvalue weighted by Gasteiger charge is 2.39. The van der Waals surface area contributed by atoms with E-state index in [1.165, 1.54) is 0 Å². The molecule has 0 bridgehead atoms. The maximum Gasteiger partial charge on any atom is 0.140 e. The van der Waals surface area contributed by atoms with Gasteiger partial charge in [-0.2, -0.15) is 0 Å². The fourth-order valence-electron chi connectivity index (χ4n) is 1.74. The first-order valence-corrected chi connectivity index (χ1v) is 6.83. The van der Waals surface area contributed by atoms with Gasteiger partial charge in [-0.3, -0.25) is 0 Å². The monoisotopic (exact) mass is 370 g/mol. The van der Waals surface area contributed by atoms with Gasteiger partial charge in [0.25, 0.3) is 0 Å². The number of hydrogen-bond donors (Lipinski definition) is 0. The summed E-state index contributed by atoms with van der Waals surface area (Å²) in [5.74, 6) is 2.70. The SMILES string of the molecule is C#CC[N+](C)(C)CC1(I)C=CC(Cl)=CC1Cl. The minimum Gasteiger partial charge on any atom is -0.317 e. The zero-order valence-electron chi connectivity index (χ0n) is 9.38. The smallest absolute Gasteiger partial charge is 0.140 e. The van der Waals surface area contributed by atoms with Crippen molar-refractivity contribution in [1.82, 2.24) is 0 Å². The molecule has 0 N–H and O–H groups in total. The van der Waals surface area contributed by atoms with E-state index in [-0.39, 0.29) is 8.80 Å². The third-order valence-corrected chi connectivity index (χ3v) is 4.98. The number of quaternary nitrogens is 1. The predicted octanol–water partition coefficient (Wildman–Crippen LogP) is 3.17. The Balaban J connectivity index is 2.82. The zero-order chi connectivity index (χ0) is 12.4. The van der Waals surface area contributed by atoms with Crippen molar-refractivity contribution in [3.05, 3.63) is 23.3 Å². The Hall–Kier alpha value is 0.310. The minimum absolute atomic E-state index is 0.0965. The van der Waals surface area contributed by atoms with Crippen molar-refractivity contribution in [2.75, 3.05) is 27.2 Å². The highest BCUT2D eigenvalue weighted by Crippen LogP contribution is 2.36. The Labute approximate surface area is 121 Å². The van der Waals surface area contributed by atoms with E-state index in [1.54, 1.807) is 0 Å². The van der Waals surface area contributed by atoms with Crippen LogP contribution in [0.25, 0.3) is 0 Å². The van der Waals surface area contributed by atoms with E-state index in [0.717, 1.165) is 11.0 Å². The molecule has 0 amide bonds. The van der Waals surface area contributed by atoms with Gasteiger partial charge in [-0.05, 0) is 18.1 Å². The lowest BCUT2D eigenvalue weighted by atomic mass is 9.98. The van der Waals surface area contributed by atoms with Gasteiger partial charge in [-0.1, -0.05) is 40.3 Å². The molecular weight excluding hydrogens is 356 g/mol. The van der Waals surface area contributed by atoms with Crippen LogP contribution in [0.5, 0.6) is 0 Å². The molecule has 1 rings (SSSR count). The molecule has 1 aliphatic rings. The van der Waals surface area contributed by atoms with Crippen LogP contribution < -0.4 is 0 Å². The third kappa shape index (κ3) is 3.66. The molecule has 1 aliphatic carbocycles. The number of halogens is 3. The molecule has 0 aromatic heterocycles. The first kappa shape index (κ1) is 14.4. The van der Waals surface area contributed by atoms with E-state index in [4.69, 9.17) is 29.6 Å². The average Bonchev–Trinajstić information content (AvgIpc) is 2.11. The summed E-state index contributed by atoms with van der Waals surface area (Å²) in [4.78, 5) is 0. The van der Waals surface area contributed by atoms with Crippen LogP contribution in [-0.2, 0) is 0 Å². The number of rotatable bonds is 3. The molecule has 0 aromatic rings. The van der Waals surface area contributed by atoms with E-state index < -0.39 is 0 Å². The maximum absolute atomic E-state index is 6.34. The number of terminal acetylenes is 1. The number of hydrogen-bond acceptors (Lipinski definition) is 0. The lowest BCUT2D eigenvalue weighted by Crippen LogP contribution is -2.52. The molecule has 0 saturated carbocycles. The molecule has 2 atom stereocenters. The van der Waals surface area contributed by atoms with Crippen LogP contribution >= 0.6 is 45.8 Å². The molecule has 0 aromatic carbocycles. The molecule has 2 unspecified atom stereocenters. The fourth-order valence-corrected chi connectivity index (χ4v) is 3.56. The summed E-state index contributed by atoms with van der Waals surface area (Å²) in [7, 11) is 4.22. The number of allylic oxidation sites excluding steroid dienone is 3. The summed E-state index contributed by atoms with van der Waals surface area (Å²) in [6, 6.07) is 0. The molecular formula is C12H15Cl2IN+. The summed E-state index contributed by atoms with van der Waals surface area (Å²) in [5.41, 5.74) is 0. The molecule has 16 heavy (non-hydrogen) atoms. The van der Waals surface area contributed by atoms with Crippen molar-refractivity contribution < 1.29 is 4.48 Å². The van der Waals surface area contributed by atoms with Gasteiger partial charge in [-0.15, -0.1) is 18.0 Å². The summed E-state index contributed by atoms with van der Waals surface area (Å²) in [6.45, 7) is 1.57. The molecule has 0 radical (unpaired) electrons. The van der Waals surface area contributed by atoms with Gasteiger partial charge in [0.05, 0.1) is 26.0 Å². The highest BCUT2D eigenvalue weighted by molar-refractivity contribution is 14.1. The third-order valence-electron chi connectivity index (χ3n) is 2.47. The lowest BCUT2D eigenvalue weighted by molar-refractivity contribution is -0.883. The Morgan fingerprint density at radius 1 is 1.62 bits per heavy atom. The Kier molecular flexibility index (Phi) is 4.76. The molecule has 88 valence electrons. The first-order valence-electron chi connectivity index (χ1n) is 4.94. The summed E-state index contributed by atoms with van der Waals surface area (Å²) in [5, 5.41) is 0.607. The maximum atomic E-state index is 6.34. The van der Waals surface area contributed by atoms with Crippen LogP contribution in [0.2, 0.25) is 0 Å². The van der Waals surface area contributed by atoms with E-state index in [1.807, 2.05) is 12.2 Å². The molecule has 0 saturated heterocycles. The van der Waals surface area contributed by atoms with Crippen molar-refractivity contribution >= 4 is 45.8 Å². The topological polar surface area (TPSA) is 0 Å². The van der Waals surface area contributed by atoms with Crippen LogP contribution in [0.15, 0.2) is 23.3 Å². The molecule has 4 heteroatoms. The van der Waals surface area contributed by atoms with Crippen molar-refractivity contribution in [3.8, 4) is 12.3 Å². The van der Waals surface area contributed by atoms with Crippen LogP contribution in [0.3, 0.4) is 0 Å². The van der Waals surface area contributed by atoms with E-state index in [0.29, 0.717) is 11.6 Å². The second-order valence-corrected chi connectivity index (χ2v) is 7.58. The van der Waals surface area contributed by atoms with Crippen molar-refractivity contribution in [1.29, 1.82) is 0 Å². The van der Waals surface area contributed by atoms with Crippen molar-refractivity contribution in [3.63, 3.8) is 0 Å². The van der Waals surface area contributed by atoms with Gasteiger partial charge >= 0.3 is 0 Å². The summed E-state index contributed by atoms with van der Waals surface area (Å²) >= 11 is 14.6. The van der Waals surface area contributed by atoms with Gasteiger partial charge in [-0.25, -0.2) is 0 Å². The Morgan fingerprint density at radius 3 is 2.75 bits per heavy atom. The summed E-state index contributed by atoms with van der Waals surface area (Å²) in [6.07, 6.45) is 11.2. The van der Waals surface area contributed by atoms with Crippen molar-refractivity contribution in [2.24, 2.45) is 0 Å². The average molecular weight is 371 g/mol. The lowest BCUT2D eigenvalue weighted by Gasteiger charge is -2.38. The quantitative estimate of drug-likeness (QED) is 0.310. The largest absolute Gasteiger partial charge is 0.317 e. The highest BCUT2D eigenvalue weighted by atomic mass is 127. The number of alkyl halides is 2. The normalized spacial score (nSPS) is 29.8. The van der Waals surface area contributed by atoms with Crippen molar-refractivity contribution in [2.45, 2.75) is 8.80 Å². The molecule has 1 nitrogen and oxygen atoms in total. The van der Waals surface area contributed by atoms with Gasteiger partial charge in [0.1, 0.15) is 9.97 Å². The second kappa shape index (κ2) is 5.30. The molecule has 0 aliphatic heterocycles. The van der Waals surface area contributed by atoms with E-state index >= 15 is 0 Å². The Bertz CT molecular complexity index is 368. The van der Waals surface area contributed by atoms with Gasteiger partial charge < -0.3 is 4.48 Å². The second-order valence-electron chi connectivity index (χ2n) is 4.67. The van der Waals surface area contributed by atoms with Crippen LogP contribution in [0, 0.1) is 12.3 Å². The van der Waals surface area contributed by atoms with Gasteiger partial charge in [0.2, 0.25) is 0 Å². The van der Waals surface area contributed by atoms with Crippen LogP contribution in [-0.4, -0.2) is 40.5 Å².